The molecule has 1 aromatic heterocycles. The van der Waals surface area contributed by atoms with Gasteiger partial charge in [-0.1, -0.05) is 13.8 Å². The van der Waals surface area contributed by atoms with E-state index in [4.69, 9.17) is 5.11 Å². The SMILES string of the molecule is Cc1nc2ccc(C(=O)O)cc2n1CC(C)(C)CO. The lowest BCUT2D eigenvalue weighted by Gasteiger charge is -2.23. The lowest BCUT2D eigenvalue weighted by Crippen LogP contribution is -2.24. The first-order valence-corrected chi connectivity index (χ1v) is 6.15. The molecule has 0 unspecified atom stereocenters. The summed E-state index contributed by atoms with van der Waals surface area (Å²) in [6.45, 7) is 6.45. The lowest BCUT2D eigenvalue weighted by molar-refractivity contribution is 0.0697. The van der Waals surface area contributed by atoms with Gasteiger partial charge in [0.25, 0.3) is 0 Å². The van der Waals surface area contributed by atoms with Crippen LogP contribution >= 0.6 is 0 Å². The summed E-state index contributed by atoms with van der Waals surface area (Å²) in [7, 11) is 0. The first-order chi connectivity index (χ1) is 8.84. The zero-order chi connectivity index (χ0) is 14.2. The maximum Gasteiger partial charge on any atom is 0.335 e. The third kappa shape index (κ3) is 2.61. The van der Waals surface area contributed by atoms with Crippen molar-refractivity contribution in [3.8, 4) is 0 Å². The Morgan fingerprint density at radius 3 is 2.68 bits per heavy atom. The van der Waals surface area contributed by atoms with Crippen LogP contribution < -0.4 is 0 Å². The molecule has 0 spiro atoms. The van der Waals surface area contributed by atoms with Gasteiger partial charge in [-0.25, -0.2) is 9.78 Å². The third-order valence-corrected chi connectivity index (χ3v) is 3.20. The molecule has 19 heavy (non-hydrogen) atoms. The molecular formula is C14H18N2O3. The van der Waals surface area contributed by atoms with Gasteiger partial charge in [-0.05, 0) is 25.1 Å². The van der Waals surface area contributed by atoms with E-state index in [9.17, 15) is 9.90 Å². The summed E-state index contributed by atoms with van der Waals surface area (Å²) in [5, 5.41) is 18.4. The first-order valence-electron chi connectivity index (χ1n) is 6.15. The molecule has 0 aliphatic carbocycles. The standard InChI is InChI=1S/C14H18N2O3/c1-9-15-11-5-4-10(13(18)19)6-12(11)16(9)7-14(2,3)8-17/h4-6,17H,7-8H2,1-3H3,(H,18,19). The van der Waals surface area contributed by atoms with Crippen molar-refractivity contribution < 1.29 is 15.0 Å². The highest BCUT2D eigenvalue weighted by molar-refractivity contribution is 5.92. The number of rotatable bonds is 4. The van der Waals surface area contributed by atoms with Gasteiger partial charge < -0.3 is 14.8 Å². The van der Waals surface area contributed by atoms with Crippen molar-refractivity contribution in [3.05, 3.63) is 29.6 Å². The smallest absolute Gasteiger partial charge is 0.335 e. The second-order valence-electron chi connectivity index (χ2n) is 5.58. The number of imidazole rings is 1. The van der Waals surface area contributed by atoms with Crippen LogP contribution in [0.3, 0.4) is 0 Å². The highest BCUT2D eigenvalue weighted by atomic mass is 16.4. The number of hydrogen-bond acceptors (Lipinski definition) is 3. The summed E-state index contributed by atoms with van der Waals surface area (Å²) in [4.78, 5) is 15.5. The van der Waals surface area contributed by atoms with Gasteiger partial charge in [0.1, 0.15) is 5.82 Å². The molecule has 2 rings (SSSR count). The number of fused-ring (bicyclic) bond motifs is 1. The Kier molecular flexibility index (Phi) is 3.32. The van der Waals surface area contributed by atoms with E-state index in [0.717, 1.165) is 16.9 Å². The van der Waals surface area contributed by atoms with Crippen molar-refractivity contribution in [1.29, 1.82) is 0 Å². The van der Waals surface area contributed by atoms with E-state index in [1.165, 1.54) is 0 Å². The molecule has 2 aromatic rings. The molecular weight excluding hydrogens is 244 g/mol. The van der Waals surface area contributed by atoms with E-state index in [1.54, 1.807) is 18.2 Å². The van der Waals surface area contributed by atoms with Gasteiger partial charge in [0.05, 0.1) is 16.6 Å². The van der Waals surface area contributed by atoms with Gasteiger partial charge in [-0.15, -0.1) is 0 Å². The Hall–Kier alpha value is -1.88. The molecule has 0 atom stereocenters. The van der Waals surface area contributed by atoms with E-state index in [2.05, 4.69) is 4.98 Å². The van der Waals surface area contributed by atoms with E-state index >= 15 is 0 Å². The van der Waals surface area contributed by atoms with E-state index in [1.807, 2.05) is 25.3 Å². The van der Waals surface area contributed by atoms with Gasteiger partial charge in [0.15, 0.2) is 0 Å². The van der Waals surface area contributed by atoms with E-state index in [-0.39, 0.29) is 17.6 Å². The number of aliphatic hydroxyl groups is 1. The van der Waals surface area contributed by atoms with Crippen molar-refractivity contribution in [3.63, 3.8) is 0 Å². The molecule has 1 aromatic carbocycles. The molecule has 2 N–H and O–H groups in total. The molecule has 0 radical (unpaired) electrons. The molecule has 0 bridgehead atoms. The first kappa shape index (κ1) is 13.5. The van der Waals surface area contributed by atoms with Gasteiger partial charge in [0, 0.05) is 18.6 Å². The minimum Gasteiger partial charge on any atom is -0.478 e. The molecule has 0 saturated carbocycles. The number of aliphatic hydroxyl groups excluding tert-OH is 1. The summed E-state index contributed by atoms with van der Waals surface area (Å²) in [5.74, 6) is -0.132. The Morgan fingerprint density at radius 1 is 1.42 bits per heavy atom. The van der Waals surface area contributed by atoms with Crippen LogP contribution in [0.5, 0.6) is 0 Å². The summed E-state index contributed by atoms with van der Waals surface area (Å²) in [6.07, 6.45) is 0. The molecule has 1 heterocycles. The monoisotopic (exact) mass is 262 g/mol. The molecule has 5 heteroatoms. The molecule has 102 valence electrons. The Bertz CT molecular complexity index is 629. The number of aromatic carboxylic acids is 1. The largest absolute Gasteiger partial charge is 0.478 e. The van der Waals surface area contributed by atoms with Crippen molar-refractivity contribution in [2.75, 3.05) is 6.61 Å². The second-order valence-corrected chi connectivity index (χ2v) is 5.58. The van der Waals surface area contributed by atoms with Crippen molar-refractivity contribution >= 4 is 17.0 Å². The number of nitrogens with zero attached hydrogens (tertiary/aromatic N) is 2. The molecule has 0 amide bonds. The van der Waals surface area contributed by atoms with E-state index in [0.29, 0.717) is 6.54 Å². The van der Waals surface area contributed by atoms with Gasteiger partial charge in [-0.3, -0.25) is 0 Å². The highest BCUT2D eigenvalue weighted by Crippen LogP contribution is 2.24. The molecule has 0 fully saturated rings. The molecule has 0 aliphatic rings. The van der Waals surface area contributed by atoms with Crippen LogP contribution in [0, 0.1) is 12.3 Å². The maximum atomic E-state index is 11.0. The van der Waals surface area contributed by atoms with Crippen LogP contribution in [-0.4, -0.2) is 32.3 Å². The summed E-state index contributed by atoms with van der Waals surface area (Å²) < 4.78 is 1.96. The average molecular weight is 262 g/mol. The lowest BCUT2D eigenvalue weighted by atomic mass is 9.94. The van der Waals surface area contributed by atoms with Crippen molar-refractivity contribution in [1.82, 2.24) is 9.55 Å². The average Bonchev–Trinajstić information content (AvgIpc) is 2.65. The molecule has 0 aliphatic heterocycles. The van der Waals surface area contributed by atoms with Crippen LogP contribution in [-0.2, 0) is 6.54 Å². The van der Waals surface area contributed by atoms with Crippen LogP contribution in [0.2, 0.25) is 0 Å². The number of aryl methyl sites for hydroxylation is 1. The fourth-order valence-corrected chi connectivity index (χ4v) is 2.05. The van der Waals surface area contributed by atoms with Gasteiger partial charge in [0.2, 0.25) is 0 Å². The van der Waals surface area contributed by atoms with Crippen LogP contribution in [0.1, 0.15) is 30.0 Å². The minimum atomic E-state index is -0.950. The Morgan fingerprint density at radius 2 is 2.11 bits per heavy atom. The molecule has 5 nitrogen and oxygen atoms in total. The maximum absolute atomic E-state index is 11.0. The number of carbonyl (C=O) groups is 1. The number of hydrogen-bond donors (Lipinski definition) is 2. The zero-order valence-electron chi connectivity index (χ0n) is 11.3. The Labute approximate surface area is 111 Å². The third-order valence-electron chi connectivity index (χ3n) is 3.20. The summed E-state index contributed by atoms with van der Waals surface area (Å²) >= 11 is 0. The normalized spacial score (nSPS) is 12.0. The van der Waals surface area contributed by atoms with Gasteiger partial charge in [-0.2, -0.15) is 0 Å². The van der Waals surface area contributed by atoms with Crippen molar-refractivity contribution in [2.24, 2.45) is 5.41 Å². The second kappa shape index (κ2) is 4.66. The molecule has 0 saturated heterocycles. The van der Waals surface area contributed by atoms with Crippen LogP contribution in [0.4, 0.5) is 0 Å². The minimum absolute atomic E-state index is 0.0603. The number of benzene rings is 1. The number of carboxylic acids is 1. The zero-order valence-corrected chi connectivity index (χ0v) is 11.3. The quantitative estimate of drug-likeness (QED) is 0.884. The fraction of sp³-hybridized carbons (Fsp3) is 0.429. The predicted molar refractivity (Wildman–Crippen MR) is 72.3 cm³/mol. The predicted octanol–water partition coefficient (Wildman–Crippen LogP) is 2.06. The number of aromatic nitrogens is 2. The number of carboxylic acid groups (broad SMARTS) is 1. The van der Waals surface area contributed by atoms with Crippen molar-refractivity contribution in [2.45, 2.75) is 27.3 Å². The van der Waals surface area contributed by atoms with Crippen LogP contribution in [0.15, 0.2) is 18.2 Å². The Balaban J connectivity index is 2.56. The topological polar surface area (TPSA) is 75.3 Å². The summed E-state index contributed by atoms with van der Waals surface area (Å²) in [5.41, 5.74) is 1.53. The highest BCUT2D eigenvalue weighted by Gasteiger charge is 2.20. The fourth-order valence-electron chi connectivity index (χ4n) is 2.05. The van der Waals surface area contributed by atoms with Crippen LogP contribution in [0.25, 0.3) is 11.0 Å². The summed E-state index contributed by atoms with van der Waals surface area (Å²) in [6, 6.07) is 4.90. The van der Waals surface area contributed by atoms with Gasteiger partial charge >= 0.3 is 5.97 Å². The van der Waals surface area contributed by atoms with E-state index < -0.39 is 5.97 Å².